The minimum Gasteiger partial charge on any atom is -0.324 e. The van der Waals surface area contributed by atoms with Crippen LogP contribution in [-0.2, 0) is 4.79 Å². The average Bonchev–Trinajstić information content (AvgIpc) is 2.55. The van der Waals surface area contributed by atoms with Gasteiger partial charge in [0.1, 0.15) is 11.9 Å². The molecule has 22 heavy (non-hydrogen) atoms. The molecule has 4 heteroatoms. The van der Waals surface area contributed by atoms with Crippen molar-refractivity contribution in [1.29, 1.82) is 0 Å². The van der Waals surface area contributed by atoms with Gasteiger partial charge < -0.3 is 5.32 Å². The molecule has 1 unspecified atom stereocenters. The zero-order chi connectivity index (χ0) is 15.9. The molecule has 116 valence electrons. The van der Waals surface area contributed by atoms with Crippen molar-refractivity contribution in [3.63, 3.8) is 0 Å². The van der Waals surface area contributed by atoms with E-state index in [1.54, 1.807) is 12.1 Å². The Morgan fingerprint density at radius 2 is 1.64 bits per heavy atom. The number of benzene rings is 2. The summed E-state index contributed by atoms with van der Waals surface area (Å²) in [5.41, 5.74) is 1.55. The van der Waals surface area contributed by atoms with Crippen LogP contribution in [0.3, 0.4) is 0 Å². The van der Waals surface area contributed by atoms with Crippen molar-refractivity contribution in [2.75, 3.05) is 18.4 Å². The molecule has 0 spiro atoms. The van der Waals surface area contributed by atoms with Crippen LogP contribution in [0.25, 0.3) is 0 Å². The highest BCUT2D eigenvalue weighted by molar-refractivity contribution is 5.95. The average molecular weight is 300 g/mol. The molecule has 0 saturated carbocycles. The van der Waals surface area contributed by atoms with Crippen LogP contribution in [-0.4, -0.2) is 23.9 Å². The number of amides is 1. The number of rotatable bonds is 6. The number of hydrogen-bond donors (Lipinski definition) is 1. The summed E-state index contributed by atoms with van der Waals surface area (Å²) in [6, 6.07) is 15.1. The van der Waals surface area contributed by atoms with E-state index < -0.39 is 0 Å². The number of nitrogens with one attached hydrogen (secondary N) is 1. The molecule has 1 amide bonds. The Labute approximate surface area is 130 Å². The molecule has 0 bridgehead atoms. The Hall–Kier alpha value is -2.20. The Bertz CT molecular complexity index is 594. The van der Waals surface area contributed by atoms with E-state index in [-0.39, 0.29) is 17.8 Å². The fourth-order valence-corrected chi connectivity index (χ4v) is 2.50. The van der Waals surface area contributed by atoms with Crippen LogP contribution in [0, 0.1) is 5.82 Å². The second-order valence-electron chi connectivity index (χ2n) is 5.03. The Morgan fingerprint density at radius 3 is 2.18 bits per heavy atom. The van der Waals surface area contributed by atoms with Crippen LogP contribution in [0.15, 0.2) is 54.6 Å². The third-order valence-electron chi connectivity index (χ3n) is 3.65. The summed E-state index contributed by atoms with van der Waals surface area (Å²) in [6.07, 6.45) is 0. The minimum atomic E-state index is -0.360. The maximum absolute atomic E-state index is 13.0. The first-order chi connectivity index (χ1) is 10.7. The number of anilines is 1. The van der Waals surface area contributed by atoms with E-state index in [1.807, 2.05) is 44.2 Å². The molecule has 0 aromatic heterocycles. The summed E-state index contributed by atoms with van der Waals surface area (Å²) < 4.78 is 13.0. The molecule has 0 fully saturated rings. The predicted molar refractivity (Wildman–Crippen MR) is 87.1 cm³/mol. The number of nitrogens with zero attached hydrogens (tertiary/aromatic N) is 1. The number of carbonyl (C=O) groups is 1. The lowest BCUT2D eigenvalue weighted by atomic mass is 10.0. The highest BCUT2D eigenvalue weighted by Crippen LogP contribution is 2.22. The largest absolute Gasteiger partial charge is 0.324 e. The lowest BCUT2D eigenvalue weighted by Crippen LogP contribution is -2.37. The lowest BCUT2D eigenvalue weighted by molar-refractivity contribution is -0.121. The van der Waals surface area contributed by atoms with Crippen molar-refractivity contribution in [2.45, 2.75) is 19.9 Å². The molecule has 0 aliphatic carbocycles. The number of halogens is 1. The predicted octanol–water partition coefficient (Wildman–Crippen LogP) is 3.85. The maximum atomic E-state index is 13.0. The van der Waals surface area contributed by atoms with Crippen molar-refractivity contribution in [1.82, 2.24) is 4.90 Å². The van der Waals surface area contributed by atoms with E-state index in [4.69, 9.17) is 0 Å². The van der Waals surface area contributed by atoms with Crippen LogP contribution in [0.2, 0.25) is 0 Å². The SMILES string of the molecule is CCN(CC)C(C(=O)Nc1ccc(F)cc1)c1ccccc1. The first-order valence-corrected chi connectivity index (χ1v) is 7.51. The summed E-state index contributed by atoms with van der Waals surface area (Å²) in [5.74, 6) is -0.428. The molecule has 0 heterocycles. The first kappa shape index (κ1) is 16.2. The fraction of sp³-hybridized carbons (Fsp3) is 0.278. The van der Waals surface area contributed by atoms with Crippen LogP contribution in [0.1, 0.15) is 25.5 Å². The Balaban J connectivity index is 2.24. The Kier molecular flexibility index (Phi) is 5.67. The van der Waals surface area contributed by atoms with Crippen LogP contribution in [0.5, 0.6) is 0 Å². The molecule has 0 aliphatic rings. The molecule has 2 rings (SSSR count). The van der Waals surface area contributed by atoms with Gasteiger partial charge in [-0.05, 0) is 42.9 Å². The van der Waals surface area contributed by atoms with Gasteiger partial charge in [-0.3, -0.25) is 9.69 Å². The molecule has 0 aliphatic heterocycles. The molecule has 0 saturated heterocycles. The van der Waals surface area contributed by atoms with Crippen LogP contribution < -0.4 is 5.32 Å². The van der Waals surface area contributed by atoms with Gasteiger partial charge in [0.25, 0.3) is 0 Å². The zero-order valence-corrected chi connectivity index (χ0v) is 12.9. The molecular weight excluding hydrogens is 279 g/mol. The van der Waals surface area contributed by atoms with Gasteiger partial charge in [0.2, 0.25) is 5.91 Å². The van der Waals surface area contributed by atoms with Gasteiger partial charge in [-0.25, -0.2) is 4.39 Å². The highest BCUT2D eigenvalue weighted by Gasteiger charge is 2.25. The van der Waals surface area contributed by atoms with Crippen LogP contribution >= 0.6 is 0 Å². The monoisotopic (exact) mass is 300 g/mol. The van der Waals surface area contributed by atoms with Gasteiger partial charge in [0.15, 0.2) is 0 Å². The van der Waals surface area contributed by atoms with Crippen LogP contribution in [0.4, 0.5) is 10.1 Å². The van der Waals surface area contributed by atoms with E-state index in [9.17, 15) is 9.18 Å². The second-order valence-corrected chi connectivity index (χ2v) is 5.03. The van der Waals surface area contributed by atoms with Crippen molar-refractivity contribution < 1.29 is 9.18 Å². The zero-order valence-electron chi connectivity index (χ0n) is 12.9. The van der Waals surface area contributed by atoms with Gasteiger partial charge in [-0.1, -0.05) is 44.2 Å². The molecule has 1 atom stereocenters. The summed E-state index contributed by atoms with van der Waals surface area (Å²) in [5, 5.41) is 2.87. The van der Waals surface area contributed by atoms with Gasteiger partial charge in [-0.2, -0.15) is 0 Å². The molecule has 2 aromatic carbocycles. The van der Waals surface area contributed by atoms with Crippen molar-refractivity contribution in [2.24, 2.45) is 0 Å². The topological polar surface area (TPSA) is 32.3 Å². The van der Waals surface area contributed by atoms with Crippen molar-refractivity contribution in [3.8, 4) is 0 Å². The van der Waals surface area contributed by atoms with Gasteiger partial charge in [0, 0.05) is 5.69 Å². The van der Waals surface area contributed by atoms with E-state index >= 15 is 0 Å². The minimum absolute atomic E-state index is 0.110. The van der Waals surface area contributed by atoms with Gasteiger partial charge >= 0.3 is 0 Å². The number of hydrogen-bond acceptors (Lipinski definition) is 2. The fourth-order valence-electron chi connectivity index (χ4n) is 2.50. The molecular formula is C18H21FN2O. The smallest absolute Gasteiger partial charge is 0.246 e. The summed E-state index contributed by atoms with van der Waals surface area (Å²) in [6.45, 7) is 5.61. The third kappa shape index (κ3) is 3.92. The first-order valence-electron chi connectivity index (χ1n) is 7.51. The number of carbonyl (C=O) groups excluding carboxylic acids is 1. The number of likely N-dealkylation sites (N-methyl/N-ethyl adjacent to an activating group) is 1. The maximum Gasteiger partial charge on any atom is 0.246 e. The van der Waals surface area contributed by atoms with E-state index in [0.717, 1.165) is 18.7 Å². The lowest BCUT2D eigenvalue weighted by Gasteiger charge is -2.29. The quantitative estimate of drug-likeness (QED) is 0.879. The molecule has 1 N–H and O–H groups in total. The van der Waals surface area contributed by atoms with E-state index in [2.05, 4.69) is 10.2 Å². The van der Waals surface area contributed by atoms with Gasteiger partial charge in [-0.15, -0.1) is 0 Å². The van der Waals surface area contributed by atoms with Crippen molar-refractivity contribution >= 4 is 11.6 Å². The van der Waals surface area contributed by atoms with E-state index in [0.29, 0.717) is 5.69 Å². The summed E-state index contributed by atoms with van der Waals surface area (Å²) >= 11 is 0. The molecule has 0 radical (unpaired) electrons. The second kappa shape index (κ2) is 7.71. The van der Waals surface area contributed by atoms with E-state index in [1.165, 1.54) is 12.1 Å². The third-order valence-corrected chi connectivity index (χ3v) is 3.65. The summed E-state index contributed by atoms with van der Waals surface area (Å²) in [4.78, 5) is 14.8. The van der Waals surface area contributed by atoms with Gasteiger partial charge in [0.05, 0.1) is 0 Å². The highest BCUT2D eigenvalue weighted by atomic mass is 19.1. The Morgan fingerprint density at radius 1 is 1.05 bits per heavy atom. The van der Waals surface area contributed by atoms with Crippen molar-refractivity contribution in [3.05, 3.63) is 66.0 Å². The normalized spacial score (nSPS) is 12.2. The molecule has 2 aromatic rings. The summed E-state index contributed by atoms with van der Waals surface area (Å²) in [7, 11) is 0. The molecule has 3 nitrogen and oxygen atoms in total. The standard InChI is InChI=1S/C18H21FN2O/c1-3-21(4-2)17(14-8-6-5-7-9-14)18(22)20-16-12-10-15(19)11-13-16/h5-13,17H,3-4H2,1-2H3,(H,20,22).